The molecule has 3 nitrogen and oxygen atoms in total. The highest BCUT2D eigenvalue weighted by molar-refractivity contribution is 6.05. The number of rotatable bonds is 3. The van der Waals surface area contributed by atoms with E-state index in [0.717, 1.165) is 35.2 Å². The molecule has 3 heteroatoms. The Hall–Kier alpha value is -1.90. The number of carbonyl (C=O) groups excluding carboxylic acids is 1. The summed E-state index contributed by atoms with van der Waals surface area (Å²) in [6.07, 6.45) is 10.1. The van der Waals surface area contributed by atoms with Crippen LogP contribution in [0.3, 0.4) is 0 Å². The molecule has 6 rings (SSSR count). The van der Waals surface area contributed by atoms with Crippen LogP contribution in [0, 0.1) is 23.2 Å². The number of carbonyl (C=O) groups is 1. The molecule has 4 fully saturated rings. The second-order valence-corrected chi connectivity index (χ2v) is 8.48. The molecular formula is C21H24N2O. The summed E-state index contributed by atoms with van der Waals surface area (Å²) < 4.78 is 0. The molecule has 0 unspecified atom stereocenters. The summed E-state index contributed by atoms with van der Waals surface area (Å²) in [5.74, 6) is 2.81. The molecule has 4 bridgehead atoms. The lowest BCUT2D eigenvalue weighted by molar-refractivity contribution is -0.0503. The molecule has 2 aromatic rings. The molecule has 1 aromatic carbocycles. The van der Waals surface area contributed by atoms with Crippen molar-refractivity contribution in [2.24, 2.45) is 23.2 Å². The van der Waals surface area contributed by atoms with E-state index in [9.17, 15) is 4.79 Å². The van der Waals surface area contributed by atoms with E-state index in [1.807, 2.05) is 30.3 Å². The first kappa shape index (κ1) is 14.4. The van der Waals surface area contributed by atoms with Crippen molar-refractivity contribution in [3.8, 4) is 0 Å². The molecule has 0 saturated heterocycles. The maximum atomic E-state index is 12.8. The molecule has 124 valence electrons. The smallest absolute Gasteiger partial charge is 0.253 e. The minimum absolute atomic E-state index is 0.0371. The molecule has 1 amide bonds. The van der Waals surface area contributed by atoms with Crippen molar-refractivity contribution in [1.82, 2.24) is 10.3 Å². The summed E-state index contributed by atoms with van der Waals surface area (Å²) in [7, 11) is 0. The molecule has 1 N–H and O–H groups in total. The number of amides is 1. The van der Waals surface area contributed by atoms with Crippen LogP contribution in [-0.4, -0.2) is 17.4 Å². The number of benzene rings is 1. The third-order valence-electron chi connectivity index (χ3n) is 6.67. The summed E-state index contributed by atoms with van der Waals surface area (Å²) in [5.41, 5.74) is 1.89. The minimum atomic E-state index is 0.0371. The van der Waals surface area contributed by atoms with E-state index in [2.05, 4.69) is 10.3 Å². The van der Waals surface area contributed by atoms with Gasteiger partial charge in [0.05, 0.1) is 11.1 Å². The van der Waals surface area contributed by atoms with Crippen molar-refractivity contribution in [3.63, 3.8) is 0 Å². The van der Waals surface area contributed by atoms with Gasteiger partial charge in [0.15, 0.2) is 0 Å². The van der Waals surface area contributed by atoms with E-state index in [1.54, 1.807) is 6.20 Å². The zero-order chi connectivity index (χ0) is 16.1. The fourth-order valence-corrected chi connectivity index (χ4v) is 6.16. The normalized spacial score (nSPS) is 33.8. The Morgan fingerprint density at radius 1 is 1.04 bits per heavy atom. The van der Waals surface area contributed by atoms with Gasteiger partial charge < -0.3 is 5.32 Å². The zero-order valence-electron chi connectivity index (χ0n) is 14.0. The van der Waals surface area contributed by atoms with Gasteiger partial charge in [-0.2, -0.15) is 0 Å². The van der Waals surface area contributed by atoms with E-state index < -0.39 is 0 Å². The lowest BCUT2D eigenvalue weighted by Crippen LogP contribution is -2.51. The first-order chi connectivity index (χ1) is 11.7. The van der Waals surface area contributed by atoms with Gasteiger partial charge in [0, 0.05) is 18.1 Å². The van der Waals surface area contributed by atoms with Gasteiger partial charge >= 0.3 is 0 Å². The molecule has 4 aliphatic rings. The van der Waals surface area contributed by atoms with Crippen molar-refractivity contribution < 1.29 is 4.79 Å². The lowest BCUT2D eigenvalue weighted by atomic mass is 9.49. The summed E-state index contributed by atoms with van der Waals surface area (Å²) in [6, 6.07) is 9.78. The first-order valence-corrected chi connectivity index (χ1v) is 9.33. The second-order valence-electron chi connectivity index (χ2n) is 8.48. The van der Waals surface area contributed by atoms with Crippen LogP contribution in [0.1, 0.15) is 48.9 Å². The van der Waals surface area contributed by atoms with Crippen LogP contribution >= 0.6 is 0 Å². The van der Waals surface area contributed by atoms with E-state index >= 15 is 0 Å². The number of hydrogen-bond donors (Lipinski definition) is 1. The quantitative estimate of drug-likeness (QED) is 0.922. The highest BCUT2D eigenvalue weighted by Gasteiger charge is 2.50. The minimum Gasteiger partial charge on any atom is -0.351 e. The summed E-state index contributed by atoms with van der Waals surface area (Å²) in [6.45, 7) is 0.846. The average Bonchev–Trinajstić information content (AvgIpc) is 2.58. The summed E-state index contributed by atoms with van der Waals surface area (Å²) >= 11 is 0. The van der Waals surface area contributed by atoms with Crippen molar-refractivity contribution in [2.45, 2.75) is 38.5 Å². The zero-order valence-corrected chi connectivity index (χ0v) is 14.0. The van der Waals surface area contributed by atoms with Crippen LogP contribution in [0.15, 0.2) is 36.5 Å². The maximum absolute atomic E-state index is 12.8. The molecule has 4 saturated carbocycles. The highest BCUT2D eigenvalue weighted by atomic mass is 16.1. The van der Waals surface area contributed by atoms with Gasteiger partial charge in [-0.05, 0) is 73.8 Å². The van der Waals surface area contributed by atoms with Gasteiger partial charge in [-0.25, -0.2) is 0 Å². The van der Waals surface area contributed by atoms with Crippen molar-refractivity contribution >= 4 is 16.8 Å². The van der Waals surface area contributed by atoms with Crippen molar-refractivity contribution in [2.75, 3.05) is 6.54 Å². The Balaban J connectivity index is 1.36. The van der Waals surface area contributed by atoms with Gasteiger partial charge in [0.1, 0.15) is 0 Å². The number of para-hydroxylation sites is 1. The second kappa shape index (κ2) is 5.30. The lowest BCUT2D eigenvalue weighted by Gasteiger charge is -2.56. The monoisotopic (exact) mass is 320 g/mol. The molecule has 0 spiro atoms. The molecule has 0 radical (unpaired) electrons. The molecule has 1 heterocycles. The van der Waals surface area contributed by atoms with E-state index in [1.165, 1.54) is 38.5 Å². The van der Waals surface area contributed by atoms with Crippen LogP contribution in [0.25, 0.3) is 10.9 Å². The van der Waals surface area contributed by atoms with E-state index in [0.29, 0.717) is 11.0 Å². The Labute approximate surface area is 142 Å². The molecule has 24 heavy (non-hydrogen) atoms. The Kier molecular flexibility index (Phi) is 3.19. The van der Waals surface area contributed by atoms with Gasteiger partial charge in [-0.15, -0.1) is 0 Å². The molecular weight excluding hydrogens is 296 g/mol. The fraction of sp³-hybridized carbons (Fsp3) is 0.524. The highest BCUT2D eigenvalue weighted by Crippen LogP contribution is 2.59. The Bertz CT molecular complexity index is 757. The standard InChI is InChI=1S/C21H24N2O/c24-20(18-5-1-3-17-4-2-6-22-19(17)18)23-13-21-10-14-7-15(11-21)9-16(8-14)12-21/h1-6,14-16H,7-13H2,(H,23,24). The average molecular weight is 320 g/mol. The fourth-order valence-electron chi connectivity index (χ4n) is 6.16. The summed E-state index contributed by atoms with van der Waals surface area (Å²) in [4.78, 5) is 17.2. The largest absolute Gasteiger partial charge is 0.351 e. The number of nitrogens with one attached hydrogen (secondary N) is 1. The van der Waals surface area contributed by atoms with E-state index in [4.69, 9.17) is 0 Å². The predicted octanol–water partition coefficient (Wildman–Crippen LogP) is 4.18. The molecule has 4 aliphatic carbocycles. The number of aromatic nitrogens is 1. The van der Waals surface area contributed by atoms with E-state index in [-0.39, 0.29) is 5.91 Å². The van der Waals surface area contributed by atoms with Gasteiger partial charge in [0.2, 0.25) is 0 Å². The number of nitrogens with zero attached hydrogens (tertiary/aromatic N) is 1. The Morgan fingerprint density at radius 3 is 2.42 bits per heavy atom. The van der Waals surface area contributed by atoms with Gasteiger partial charge in [0.25, 0.3) is 5.91 Å². The van der Waals surface area contributed by atoms with Crippen molar-refractivity contribution in [1.29, 1.82) is 0 Å². The molecule has 0 atom stereocenters. The third kappa shape index (κ3) is 2.33. The Morgan fingerprint density at radius 2 is 1.71 bits per heavy atom. The van der Waals surface area contributed by atoms with Crippen LogP contribution in [0.4, 0.5) is 0 Å². The van der Waals surface area contributed by atoms with Crippen molar-refractivity contribution in [3.05, 3.63) is 42.1 Å². The van der Waals surface area contributed by atoms with Crippen LogP contribution < -0.4 is 5.32 Å². The van der Waals surface area contributed by atoms with Crippen LogP contribution in [0.5, 0.6) is 0 Å². The summed E-state index contributed by atoms with van der Waals surface area (Å²) in [5, 5.41) is 4.30. The number of hydrogen-bond acceptors (Lipinski definition) is 2. The number of fused-ring (bicyclic) bond motifs is 1. The number of pyridine rings is 1. The van der Waals surface area contributed by atoms with Crippen LogP contribution in [-0.2, 0) is 0 Å². The SMILES string of the molecule is O=C(NCC12CC3CC(CC(C3)C1)C2)c1cccc2cccnc12. The third-order valence-corrected chi connectivity index (χ3v) is 6.67. The first-order valence-electron chi connectivity index (χ1n) is 9.33. The topological polar surface area (TPSA) is 42.0 Å². The maximum Gasteiger partial charge on any atom is 0.253 e. The van der Waals surface area contributed by atoms with Crippen LogP contribution in [0.2, 0.25) is 0 Å². The molecule has 1 aromatic heterocycles. The van der Waals surface area contributed by atoms with Gasteiger partial charge in [-0.1, -0.05) is 18.2 Å². The molecule has 0 aliphatic heterocycles. The predicted molar refractivity (Wildman–Crippen MR) is 94.7 cm³/mol. The van der Waals surface area contributed by atoms with Gasteiger partial charge in [-0.3, -0.25) is 9.78 Å².